The zero-order valence-electron chi connectivity index (χ0n) is 18.7. The van der Waals surface area contributed by atoms with Crippen molar-refractivity contribution >= 4 is 10.9 Å². The van der Waals surface area contributed by atoms with Crippen LogP contribution >= 0.6 is 0 Å². The Balaban J connectivity index is 1.55. The van der Waals surface area contributed by atoms with E-state index in [-0.39, 0.29) is 5.56 Å². The number of halogens is 2. The van der Waals surface area contributed by atoms with Crippen molar-refractivity contribution in [3.63, 3.8) is 0 Å². The number of hydrogen-bond donors (Lipinski definition) is 1. The fourth-order valence-electron chi connectivity index (χ4n) is 4.05. The monoisotopic (exact) mass is 461 g/mol. The van der Waals surface area contributed by atoms with Gasteiger partial charge in [-0.15, -0.1) is 0 Å². The van der Waals surface area contributed by atoms with Gasteiger partial charge in [0, 0.05) is 23.5 Å². The molecule has 3 aromatic heterocycles. The normalized spacial score (nSPS) is 12.3. The standard InChI is InChI=1S/C25H21F2N5O2/c1-14-12-31(13-28-14)23-5-4-16(8-24(23)34-3)21-10-20-22(30-21)11-29-32(25(20)33)15(2)17-6-18(26)9-19(27)7-17/h4-13,15,30H,1-3H3. The van der Waals surface area contributed by atoms with Gasteiger partial charge in [-0.2, -0.15) is 5.10 Å². The molecule has 0 radical (unpaired) electrons. The summed E-state index contributed by atoms with van der Waals surface area (Å²) in [5.41, 5.74) is 3.76. The minimum Gasteiger partial charge on any atom is -0.495 e. The first-order valence-electron chi connectivity index (χ1n) is 10.6. The number of aromatic amines is 1. The number of H-pyrrole nitrogens is 1. The summed E-state index contributed by atoms with van der Waals surface area (Å²) in [5, 5.41) is 4.65. The molecule has 0 saturated carbocycles. The molecule has 0 aliphatic rings. The van der Waals surface area contributed by atoms with Crippen LogP contribution in [0.25, 0.3) is 27.8 Å². The lowest BCUT2D eigenvalue weighted by atomic mass is 10.1. The van der Waals surface area contributed by atoms with Gasteiger partial charge >= 0.3 is 0 Å². The Morgan fingerprint density at radius 2 is 1.85 bits per heavy atom. The number of nitrogens with one attached hydrogen (secondary N) is 1. The van der Waals surface area contributed by atoms with Gasteiger partial charge in [-0.1, -0.05) is 6.07 Å². The molecule has 0 aliphatic carbocycles. The summed E-state index contributed by atoms with van der Waals surface area (Å²) >= 11 is 0. The highest BCUT2D eigenvalue weighted by Gasteiger charge is 2.17. The third-order valence-electron chi connectivity index (χ3n) is 5.81. The molecule has 172 valence electrons. The average molecular weight is 461 g/mol. The molecule has 0 fully saturated rings. The molecule has 1 N–H and O–H groups in total. The van der Waals surface area contributed by atoms with Crippen molar-refractivity contribution in [1.29, 1.82) is 0 Å². The van der Waals surface area contributed by atoms with Crippen LogP contribution in [0.3, 0.4) is 0 Å². The highest BCUT2D eigenvalue weighted by atomic mass is 19.1. The van der Waals surface area contributed by atoms with Gasteiger partial charge in [0.05, 0.1) is 48.0 Å². The lowest BCUT2D eigenvalue weighted by Gasteiger charge is -2.14. The van der Waals surface area contributed by atoms with Gasteiger partial charge in [-0.25, -0.2) is 18.4 Å². The first-order chi connectivity index (χ1) is 16.3. The number of ether oxygens (including phenoxy) is 1. The lowest BCUT2D eigenvalue weighted by Crippen LogP contribution is -2.26. The van der Waals surface area contributed by atoms with Crippen LogP contribution in [0, 0.1) is 18.6 Å². The number of hydrogen-bond acceptors (Lipinski definition) is 4. The largest absolute Gasteiger partial charge is 0.495 e. The van der Waals surface area contributed by atoms with Crippen molar-refractivity contribution in [2.45, 2.75) is 19.9 Å². The van der Waals surface area contributed by atoms with Crippen LogP contribution in [0.15, 0.2) is 66.0 Å². The Bertz CT molecular complexity index is 1560. The molecule has 3 heterocycles. The molecule has 2 aromatic carbocycles. The number of nitrogens with zero attached hydrogens (tertiary/aromatic N) is 4. The second kappa shape index (κ2) is 8.26. The van der Waals surface area contributed by atoms with Gasteiger partial charge in [-0.3, -0.25) is 4.79 Å². The molecular weight excluding hydrogens is 440 g/mol. The van der Waals surface area contributed by atoms with Gasteiger partial charge < -0.3 is 14.3 Å². The zero-order valence-corrected chi connectivity index (χ0v) is 18.7. The first-order valence-corrected chi connectivity index (χ1v) is 10.6. The summed E-state index contributed by atoms with van der Waals surface area (Å²) in [5.74, 6) is -0.767. The summed E-state index contributed by atoms with van der Waals surface area (Å²) in [6.07, 6.45) is 5.15. The van der Waals surface area contributed by atoms with E-state index in [1.807, 2.05) is 35.9 Å². The second-order valence-electron chi connectivity index (χ2n) is 8.09. The van der Waals surface area contributed by atoms with Gasteiger partial charge in [0.25, 0.3) is 5.56 Å². The molecule has 9 heteroatoms. The number of methoxy groups -OCH3 is 1. The highest BCUT2D eigenvalue weighted by Crippen LogP contribution is 2.31. The maximum absolute atomic E-state index is 13.7. The SMILES string of the molecule is COc1cc(-c2cc3c(=O)n(C(C)c4cc(F)cc(F)c4)ncc3[nH]2)ccc1-n1cnc(C)c1. The summed E-state index contributed by atoms with van der Waals surface area (Å²) in [6, 6.07) is 9.98. The topological polar surface area (TPSA) is 77.7 Å². The van der Waals surface area contributed by atoms with Crippen molar-refractivity contribution in [3.8, 4) is 22.7 Å². The quantitative estimate of drug-likeness (QED) is 0.409. The van der Waals surface area contributed by atoms with E-state index in [0.29, 0.717) is 27.9 Å². The number of aryl methyl sites for hydroxylation is 1. The average Bonchev–Trinajstić information content (AvgIpc) is 3.45. The molecule has 5 rings (SSSR count). The minimum atomic E-state index is -0.705. The van der Waals surface area contributed by atoms with E-state index >= 15 is 0 Å². The zero-order chi connectivity index (χ0) is 24.0. The molecular formula is C25H21F2N5O2. The van der Waals surface area contributed by atoms with Crippen molar-refractivity contribution in [3.05, 3.63) is 94.4 Å². The van der Waals surface area contributed by atoms with Gasteiger partial charge in [0.15, 0.2) is 0 Å². The summed E-state index contributed by atoms with van der Waals surface area (Å²) in [4.78, 5) is 20.7. The number of benzene rings is 2. The van der Waals surface area contributed by atoms with Crippen LogP contribution in [-0.2, 0) is 0 Å². The van der Waals surface area contributed by atoms with Crippen molar-refractivity contribution < 1.29 is 13.5 Å². The maximum atomic E-state index is 13.7. The molecule has 5 aromatic rings. The summed E-state index contributed by atoms with van der Waals surface area (Å²) in [6.45, 7) is 3.58. The van der Waals surface area contributed by atoms with Crippen LogP contribution in [0.5, 0.6) is 5.75 Å². The second-order valence-corrected chi connectivity index (χ2v) is 8.09. The number of fused-ring (bicyclic) bond motifs is 1. The predicted octanol–water partition coefficient (Wildman–Crippen LogP) is 4.78. The van der Waals surface area contributed by atoms with Crippen LogP contribution in [0.4, 0.5) is 8.78 Å². The first kappa shape index (κ1) is 21.6. The summed E-state index contributed by atoms with van der Waals surface area (Å²) < 4.78 is 36.0. The molecule has 0 spiro atoms. The predicted molar refractivity (Wildman–Crippen MR) is 124 cm³/mol. The van der Waals surface area contributed by atoms with Crippen molar-refractivity contribution in [1.82, 2.24) is 24.3 Å². The molecule has 0 aliphatic heterocycles. The van der Waals surface area contributed by atoms with Crippen LogP contribution < -0.4 is 10.3 Å². The molecule has 1 atom stereocenters. The van der Waals surface area contributed by atoms with Crippen molar-refractivity contribution in [2.75, 3.05) is 7.11 Å². The molecule has 0 saturated heterocycles. The Kier molecular flexibility index (Phi) is 5.24. The molecule has 0 bridgehead atoms. The molecule has 1 unspecified atom stereocenters. The fraction of sp³-hybridized carbons (Fsp3) is 0.160. The maximum Gasteiger partial charge on any atom is 0.276 e. The van der Waals surface area contributed by atoms with Gasteiger partial charge in [-0.05, 0) is 49.7 Å². The molecule has 7 nitrogen and oxygen atoms in total. The lowest BCUT2D eigenvalue weighted by molar-refractivity contribution is 0.413. The third-order valence-corrected chi connectivity index (χ3v) is 5.81. The third kappa shape index (κ3) is 3.75. The minimum absolute atomic E-state index is 0.317. The number of aromatic nitrogens is 5. The van der Waals surface area contributed by atoms with E-state index in [9.17, 15) is 13.6 Å². The Morgan fingerprint density at radius 1 is 1.09 bits per heavy atom. The smallest absolute Gasteiger partial charge is 0.276 e. The fourth-order valence-corrected chi connectivity index (χ4v) is 4.05. The Labute approximate surface area is 193 Å². The Hall–Kier alpha value is -4.27. The van der Waals surface area contributed by atoms with E-state index in [4.69, 9.17) is 4.74 Å². The van der Waals surface area contributed by atoms with E-state index in [1.54, 1.807) is 26.4 Å². The van der Waals surface area contributed by atoms with E-state index < -0.39 is 17.7 Å². The number of rotatable bonds is 5. The molecule has 0 amide bonds. The molecule has 34 heavy (non-hydrogen) atoms. The summed E-state index contributed by atoms with van der Waals surface area (Å²) in [7, 11) is 1.59. The van der Waals surface area contributed by atoms with Gasteiger partial charge in [0.1, 0.15) is 17.4 Å². The van der Waals surface area contributed by atoms with E-state index in [1.165, 1.54) is 23.0 Å². The number of imidazole rings is 1. The van der Waals surface area contributed by atoms with Crippen LogP contribution in [0.1, 0.15) is 24.2 Å². The van der Waals surface area contributed by atoms with E-state index in [2.05, 4.69) is 15.1 Å². The van der Waals surface area contributed by atoms with Crippen molar-refractivity contribution in [2.24, 2.45) is 0 Å². The Morgan fingerprint density at radius 3 is 2.53 bits per heavy atom. The highest BCUT2D eigenvalue weighted by molar-refractivity contribution is 5.85. The van der Waals surface area contributed by atoms with Crippen LogP contribution in [-0.4, -0.2) is 31.4 Å². The van der Waals surface area contributed by atoms with Gasteiger partial charge in [0.2, 0.25) is 0 Å². The van der Waals surface area contributed by atoms with Crippen LogP contribution in [0.2, 0.25) is 0 Å². The van der Waals surface area contributed by atoms with E-state index in [0.717, 1.165) is 23.0 Å².